The van der Waals surface area contributed by atoms with E-state index >= 15 is 0 Å². The van der Waals surface area contributed by atoms with E-state index in [1.54, 1.807) is 19.1 Å². The zero-order valence-electron chi connectivity index (χ0n) is 8.40. The summed E-state index contributed by atoms with van der Waals surface area (Å²) in [5.74, 6) is 0.588. The van der Waals surface area contributed by atoms with Crippen LogP contribution in [-0.2, 0) is 0 Å². The normalized spacial score (nSPS) is 10.0. The third kappa shape index (κ3) is 3.20. The third-order valence-corrected chi connectivity index (χ3v) is 2.55. The highest BCUT2D eigenvalue weighted by Gasteiger charge is 2.13. The van der Waals surface area contributed by atoms with Crippen LogP contribution >= 0.6 is 15.9 Å². The highest BCUT2D eigenvalue weighted by Crippen LogP contribution is 2.26. The second-order valence-electron chi connectivity index (χ2n) is 3.05. The second-order valence-corrected chi connectivity index (χ2v) is 3.84. The minimum Gasteiger partial charge on any atom is -0.493 e. The van der Waals surface area contributed by atoms with Gasteiger partial charge in [0.1, 0.15) is 5.75 Å². The number of benzene rings is 1. The van der Waals surface area contributed by atoms with Crippen molar-refractivity contribution in [2.45, 2.75) is 13.3 Å². The summed E-state index contributed by atoms with van der Waals surface area (Å²) in [5, 5.41) is 11.5. The molecule has 1 rings (SSSR count). The van der Waals surface area contributed by atoms with Crippen molar-refractivity contribution in [2.24, 2.45) is 0 Å². The topological polar surface area (TPSA) is 52.4 Å². The molecule has 0 aliphatic carbocycles. The number of nitro groups is 1. The lowest BCUT2D eigenvalue weighted by molar-refractivity contribution is -0.385. The smallest absolute Gasteiger partial charge is 0.276 e. The largest absolute Gasteiger partial charge is 0.493 e. The number of alkyl halides is 1. The number of halogens is 1. The number of ether oxygens (including phenoxy) is 1. The van der Waals surface area contributed by atoms with Gasteiger partial charge in [-0.25, -0.2) is 0 Å². The second kappa shape index (κ2) is 5.70. The molecule has 0 heterocycles. The molecule has 0 amide bonds. The van der Waals surface area contributed by atoms with Gasteiger partial charge in [0.25, 0.3) is 5.69 Å². The lowest BCUT2D eigenvalue weighted by atomic mass is 10.2. The lowest BCUT2D eigenvalue weighted by Gasteiger charge is -2.07. The molecule has 1 aromatic carbocycles. The average molecular weight is 274 g/mol. The molecule has 0 saturated heterocycles. The average Bonchev–Trinajstić information content (AvgIpc) is 2.20. The minimum atomic E-state index is -0.396. The Balaban J connectivity index is 2.80. The molecule has 0 saturated carbocycles. The SMILES string of the molecule is Cc1c(OCCCBr)cccc1[N+](=O)[O-]. The van der Waals surface area contributed by atoms with E-state index in [9.17, 15) is 10.1 Å². The Morgan fingerprint density at radius 2 is 2.27 bits per heavy atom. The van der Waals surface area contributed by atoms with E-state index in [1.807, 2.05) is 0 Å². The van der Waals surface area contributed by atoms with Crippen LogP contribution < -0.4 is 4.74 Å². The summed E-state index contributed by atoms with van der Waals surface area (Å²) < 4.78 is 5.43. The molecule has 5 heteroatoms. The summed E-state index contributed by atoms with van der Waals surface area (Å²) in [7, 11) is 0. The Morgan fingerprint density at radius 3 is 2.87 bits per heavy atom. The molecule has 0 N–H and O–H groups in total. The Morgan fingerprint density at radius 1 is 1.53 bits per heavy atom. The molecular weight excluding hydrogens is 262 g/mol. The van der Waals surface area contributed by atoms with Gasteiger partial charge in [0.2, 0.25) is 0 Å². The van der Waals surface area contributed by atoms with Crippen molar-refractivity contribution in [3.63, 3.8) is 0 Å². The molecule has 0 spiro atoms. The fraction of sp³-hybridized carbons (Fsp3) is 0.400. The molecule has 0 aromatic heterocycles. The molecule has 15 heavy (non-hydrogen) atoms. The van der Waals surface area contributed by atoms with Gasteiger partial charge >= 0.3 is 0 Å². The van der Waals surface area contributed by atoms with E-state index in [-0.39, 0.29) is 5.69 Å². The quantitative estimate of drug-likeness (QED) is 0.359. The molecule has 0 unspecified atom stereocenters. The summed E-state index contributed by atoms with van der Waals surface area (Å²) in [5.41, 5.74) is 0.684. The Bertz CT molecular complexity index is 355. The maximum atomic E-state index is 10.6. The number of rotatable bonds is 5. The predicted molar refractivity (Wildman–Crippen MR) is 61.7 cm³/mol. The van der Waals surface area contributed by atoms with Crippen LogP contribution in [0.25, 0.3) is 0 Å². The van der Waals surface area contributed by atoms with Gasteiger partial charge in [-0.1, -0.05) is 22.0 Å². The zero-order chi connectivity index (χ0) is 11.3. The van der Waals surface area contributed by atoms with Gasteiger partial charge in [-0.05, 0) is 19.4 Å². The molecule has 0 fully saturated rings. The van der Waals surface area contributed by atoms with E-state index in [4.69, 9.17) is 4.74 Å². The molecule has 1 aromatic rings. The van der Waals surface area contributed by atoms with Crippen molar-refractivity contribution in [1.29, 1.82) is 0 Å². The van der Waals surface area contributed by atoms with Gasteiger partial charge < -0.3 is 4.74 Å². The summed E-state index contributed by atoms with van der Waals surface area (Å²) in [6.45, 7) is 2.26. The number of nitrogens with zero attached hydrogens (tertiary/aromatic N) is 1. The molecule has 0 aliphatic rings. The summed E-state index contributed by atoms with van der Waals surface area (Å²) in [6, 6.07) is 4.86. The molecule has 0 bridgehead atoms. The number of hydrogen-bond acceptors (Lipinski definition) is 3. The van der Waals surface area contributed by atoms with Crippen molar-refractivity contribution in [1.82, 2.24) is 0 Å². The van der Waals surface area contributed by atoms with E-state index in [0.717, 1.165) is 11.8 Å². The zero-order valence-corrected chi connectivity index (χ0v) is 9.99. The Hall–Kier alpha value is -1.10. The first-order valence-electron chi connectivity index (χ1n) is 4.59. The van der Waals surface area contributed by atoms with E-state index in [2.05, 4.69) is 15.9 Å². The van der Waals surface area contributed by atoms with Crippen LogP contribution in [0.5, 0.6) is 5.75 Å². The lowest BCUT2D eigenvalue weighted by Crippen LogP contribution is -2.01. The molecule has 82 valence electrons. The molecule has 0 aliphatic heterocycles. The van der Waals surface area contributed by atoms with Crippen LogP contribution in [0.3, 0.4) is 0 Å². The van der Waals surface area contributed by atoms with Gasteiger partial charge in [0.05, 0.1) is 17.1 Å². The number of nitro benzene ring substituents is 1. The highest BCUT2D eigenvalue weighted by molar-refractivity contribution is 9.09. The molecular formula is C10H12BrNO3. The first-order valence-corrected chi connectivity index (χ1v) is 5.71. The van der Waals surface area contributed by atoms with E-state index < -0.39 is 4.92 Å². The molecule has 0 atom stereocenters. The first kappa shape index (κ1) is 12.0. The van der Waals surface area contributed by atoms with Crippen LogP contribution in [0.4, 0.5) is 5.69 Å². The van der Waals surface area contributed by atoms with Gasteiger partial charge in [-0.3, -0.25) is 10.1 Å². The summed E-state index contributed by atoms with van der Waals surface area (Å²) in [6.07, 6.45) is 0.877. The standard InChI is InChI=1S/C10H12BrNO3/c1-8-9(12(13)14)4-2-5-10(8)15-7-3-6-11/h2,4-5H,3,6-7H2,1H3. The van der Waals surface area contributed by atoms with Crippen molar-refractivity contribution in [3.05, 3.63) is 33.9 Å². The van der Waals surface area contributed by atoms with Crippen LogP contribution in [-0.4, -0.2) is 16.9 Å². The third-order valence-electron chi connectivity index (χ3n) is 1.99. The monoisotopic (exact) mass is 273 g/mol. The van der Waals surface area contributed by atoms with Crippen molar-refractivity contribution in [3.8, 4) is 5.75 Å². The Kier molecular flexibility index (Phi) is 4.55. The van der Waals surface area contributed by atoms with Gasteiger partial charge in [0.15, 0.2) is 0 Å². The molecule has 0 radical (unpaired) electrons. The van der Waals surface area contributed by atoms with Crippen molar-refractivity contribution < 1.29 is 9.66 Å². The van der Waals surface area contributed by atoms with E-state index in [1.165, 1.54) is 6.07 Å². The fourth-order valence-corrected chi connectivity index (χ4v) is 1.42. The van der Waals surface area contributed by atoms with Crippen LogP contribution in [0.1, 0.15) is 12.0 Å². The van der Waals surface area contributed by atoms with Gasteiger partial charge in [-0.15, -0.1) is 0 Å². The summed E-state index contributed by atoms with van der Waals surface area (Å²) >= 11 is 3.29. The highest BCUT2D eigenvalue weighted by atomic mass is 79.9. The van der Waals surface area contributed by atoms with Crippen LogP contribution in [0.15, 0.2) is 18.2 Å². The summed E-state index contributed by atoms with van der Waals surface area (Å²) in [4.78, 5) is 10.3. The first-order chi connectivity index (χ1) is 7.16. The maximum absolute atomic E-state index is 10.6. The van der Waals surface area contributed by atoms with E-state index in [0.29, 0.717) is 17.9 Å². The molecule has 4 nitrogen and oxygen atoms in total. The van der Waals surface area contributed by atoms with Crippen molar-refractivity contribution in [2.75, 3.05) is 11.9 Å². The van der Waals surface area contributed by atoms with Crippen LogP contribution in [0, 0.1) is 17.0 Å². The van der Waals surface area contributed by atoms with Gasteiger partial charge in [0, 0.05) is 11.4 Å². The van der Waals surface area contributed by atoms with Crippen LogP contribution in [0.2, 0.25) is 0 Å². The van der Waals surface area contributed by atoms with Gasteiger partial charge in [-0.2, -0.15) is 0 Å². The minimum absolute atomic E-state index is 0.103. The van der Waals surface area contributed by atoms with Crippen molar-refractivity contribution >= 4 is 21.6 Å². The number of hydrogen-bond donors (Lipinski definition) is 0. The Labute approximate surface area is 96.5 Å². The predicted octanol–water partition coefficient (Wildman–Crippen LogP) is 3.07. The maximum Gasteiger partial charge on any atom is 0.276 e. The fourth-order valence-electron chi connectivity index (χ4n) is 1.19.